The average molecular weight is 284 g/mol. The third kappa shape index (κ3) is 3.05. The molecule has 1 aromatic heterocycles. The predicted octanol–water partition coefficient (Wildman–Crippen LogP) is 0.0837. The van der Waals surface area contributed by atoms with Gasteiger partial charge in [0.2, 0.25) is 10.0 Å². The fourth-order valence-electron chi connectivity index (χ4n) is 1.96. The summed E-state index contributed by atoms with van der Waals surface area (Å²) in [4.78, 5) is 8.95. The van der Waals surface area contributed by atoms with E-state index in [1.807, 2.05) is 0 Å². The summed E-state index contributed by atoms with van der Waals surface area (Å²) in [5.41, 5.74) is 0. The van der Waals surface area contributed by atoms with Gasteiger partial charge in [0.05, 0.1) is 0 Å². The molecule has 0 aliphatic carbocycles. The molecule has 0 radical (unpaired) electrons. The molecule has 0 amide bonds. The maximum Gasteiger partial charge on any atom is 0.244 e. The summed E-state index contributed by atoms with van der Waals surface area (Å²) in [5.74, 6) is 0.839. The number of hydrogen-bond donors (Lipinski definition) is 0. The van der Waals surface area contributed by atoms with Gasteiger partial charge in [0.25, 0.3) is 0 Å². The first kappa shape index (κ1) is 14.2. The maximum absolute atomic E-state index is 11.9. The lowest BCUT2D eigenvalue weighted by atomic mass is 10.3. The lowest BCUT2D eigenvalue weighted by Gasteiger charge is -2.33. The first-order valence-electron chi connectivity index (χ1n) is 6.23. The van der Waals surface area contributed by atoms with Gasteiger partial charge in [-0.15, -0.1) is 0 Å². The number of aromatic nitrogens is 1. The quantitative estimate of drug-likeness (QED) is 0.787. The molecule has 1 fully saturated rings. The van der Waals surface area contributed by atoms with Crippen molar-refractivity contribution >= 4 is 15.8 Å². The zero-order valence-corrected chi connectivity index (χ0v) is 12.4. The number of pyridine rings is 1. The molecule has 7 heteroatoms. The molecule has 1 aliphatic rings. The first-order chi connectivity index (χ1) is 8.91. The summed E-state index contributed by atoms with van der Waals surface area (Å²) in [6.07, 6.45) is 1.43. The second-order valence-electron chi connectivity index (χ2n) is 4.93. The molecule has 1 aliphatic heterocycles. The van der Waals surface area contributed by atoms with Gasteiger partial charge in [-0.25, -0.2) is 17.7 Å². The van der Waals surface area contributed by atoms with Crippen LogP contribution in [0.15, 0.2) is 23.2 Å². The Hall–Kier alpha value is -1.18. The van der Waals surface area contributed by atoms with Crippen LogP contribution in [0.3, 0.4) is 0 Å². The van der Waals surface area contributed by atoms with Gasteiger partial charge in [-0.05, 0) is 19.2 Å². The van der Waals surface area contributed by atoms with Crippen molar-refractivity contribution in [2.75, 3.05) is 52.2 Å². The Morgan fingerprint density at radius 3 is 2.26 bits per heavy atom. The fraction of sp³-hybridized carbons (Fsp3) is 0.583. The summed E-state index contributed by atoms with van der Waals surface area (Å²) in [6.45, 7) is 3.84. The van der Waals surface area contributed by atoms with Crippen molar-refractivity contribution in [3.05, 3.63) is 18.3 Å². The Balaban J connectivity index is 2.15. The molecule has 19 heavy (non-hydrogen) atoms. The van der Waals surface area contributed by atoms with Crippen molar-refractivity contribution < 1.29 is 8.42 Å². The minimum Gasteiger partial charge on any atom is -0.354 e. The summed E-state index contributed by atoms with van der Waals surface area (Å²) in [7, 11) is 1.74. The van der Waals surface area contributed by atoms with Crippen molar-refractivity contribution in [3.63, 3.8) is 0 Å². The van der Waals surface area contributed by atoms with E-state index in [1.54, 1.807) is 12.1 Å². The third-order valence-electron chi connectivity index (χ3n) is 3.33. The molecule has 0 saturated carbocycles. The lowest BCUT2D eigenvalue weighted by Crippen LogP contribution is -2.44. The van der Waals surface area contributed by atoms with Gasteiger partial charge in [-0.3, -0.25) is 0 Å². The van der Waals surface area contributed by atoms with Crippen molar-refractivity contribution in [2.24, 2.45) is 0 Å². The topological polar surface area (TPSA) is 56.8 Å². The van der Waals surface area contributed by atoms with Gasteiger partial charge < -0.3 is 9.80 Å². The number of rotatable bonds is 3. The highest BCUT2D eigenvalue weighted by Gasteiger charge is 2.19. The molecule has 0 N–H and O–H groups in total. The minimum atomic E-state index is -3.39. The standard InChI is InChI=1S/C12H20N4O2S/c1-14(2)19(17,18)11-4-5-12(13-10-11)16-8-6-15(3)7-9-16/h4-5,10H,6-9H2,1-3H3. The first-order valence-corrected chi connectivity index (χ1v) is 7.67. The highest BCUT2D eigenvalue weighted by molar-refractivity contribution is 7.89. The molecule has 1 saturated heterocycles. The average Bonchev–Trinajstić information content (AvgIpc) is 2.39. The van der Waals surface area contributed by atoms with Gasteiger partial charge >= 0.3 is 0 Å². The van der Waals surface area contributed by atoms with E-state index in [1.165, 1.54) is 24.6 Å². The van der Waals surface area contributed by atoms with E-state index in [9.17, 15) is 8.42 Å². The van der Waals surface area contributed by atoms with Gasteiger partial charge in [-0.1, -0.05) is 0 Å². The van der Waals surface area contributed by atoms with E-state index >= 15 is 0 Å². The molecule has 0 unspecified atom stereocenters. The molecular weight excluding hydrogens is 264 g/mol. The second-order valence-corrected chi connectivity index (χ2v) is 7.08. The van der Waals surface area contributed by atoms with E-state index in [4.69, 9.17) is 0 Å². The Morgan fingerprint density at radius 1 is 1.16 bits per heavy atom. The van der Waals surface area contributed by atoms with Crippen LogP contribution in [0.25, 0.3) is 0 Å². The fourth-order valence-corrected chi connectivity index (χ4v) is 2.81. The highest BCUT2D eigenvalue weighted by Crippen LogP contribution is 2.17. The molecule has 2 heterocycles. The molecule has 0 bridgehead atoms. The minimum absolute atomic E-state index is 0.232. The van der Waals surface area contributed by atoms with E-state index in [0.717, 1.165) is 32.0 Å². The smallest absolute Gasteiger partial charge is 0.244 e. The Bertz CT molecular complexity index is 519. The number of nitrogens with zero attached hydrogens (tertiary/aromatic N) is 4. The monoisotopic (exact) mass is 284 g/mol. The number of anilines is 1. The maximum atomic E-state index is 11.9. The van der Waals surface area contributed by atoms with Gasteiger partial charge in [0.15, 0.2) is 0 Å². The number of hydrogen-bond acceptors (Lipinski definition) is 5. The van der Waals surface area contributed by atoms with Gasteiger partial charge in [-0.2, -0.15) is 0 Å². The normalized spacial score (nSPS) is 18.0. The number of piperazine rings is 1. The van der Waals surface area contributed by atoms with Crippen LogP contribution >= 0.6 is 0 Å². The number of likely N-dealkylation sites (N-methyl/N-ethyl adjacent to an activating group) is 1. The van der Waals surface area contributed by atoms with E-state index < -0.39 is 10.0 Å². The van der Waals surface area contributed by atoms with Crippen LogP contribution in [-0.2, 0) is 10.0 Å². The van der Waals surface area contributed by atoms with E-state index in [0.29, 0.717) is 0 Å². The third-order valence-corrected chi connectivity index (χ3v) is 5.13. The van der Waals surface area contributed by atoms with Crippen LogP contribution in [0.2, 0.25) is 0 Å². The zero-order chi connectivity index (χ0) is 14.0. The van der Waals surface area contributed by atoms with Crippen LogP contribution in [0, 0.1) is 0 Å². The SMILES string of the molecule is CN1CCN(c2ccc(S(=O)(=O)N(C)C)cn2)CC1. The van der Waals surface area contributed by atoms with Crippen LogP contribution in [-0.4, -0.2) is 69.9 Å². The molecule has 6 nitrogen and oxygen atoms in total. The molecule has 0 atom stereocenters. The van der Waals surface area contributed by atoms with E-state index in [-0.39, 0.29) is 4.90 Å². The molecule has 0 spiro atoms. The summed E-state index contributed by atoms with van der Waals surface area (Å²) < 4.78 is 25.1. The molecule has 1 aromatic rings. The van der Waals surface area contributed by atoms with Crippen LogP contribution in [0.5, 0.6) is 0 Å². The summed E-state index contributed by atoms with van der Waals surface area (Å²) >= 11 is 0. The van der Waals surface area contributed by atoms with Crippen LogP contribution in [0.4, 0.5) is 5.82 Å². The van der Waals surface area contributed by atoms with Crippen molar-refractivity contribution in [1.82, 2.24) is 14.2 Å². The predicted molar refractivity (Wildman–Crippen MR) is 74.8 cm³/mol. The van der Waals surface area contributed by atoms with Crippen molar-refractivity contribution in [2.45, 2.75) is 4.90 Å². The molecule has 0 aromatic carbocycles. The molecule has 2 rings (SSSR count). The summed E-state index contributed by atoms with van der Waals surface area (Å²) in [5, 5.41) is 0. The Morgan fingerprint density at radius 2 is 1.79 bits per heavy atom. The van der Waals surface area contributed by atoms with Crippen LogP contribution < -0.4 is 4.90 Å². The number of sulfonamides is 1. The lowest BCUT2D eigenvalue weighted by molar-refractivity contribution is 0.312. The van der Waals surface area contributed by atoms with Crippen molar-refractivity contribution in [3.8, 4) is 0 Å². The van der Waals surface area contributed by atoms with E-state index in [2.05, 4.69) is 21.8 Å². The van der Waals surface area contributed by atoms with Gasteiger partial charge in [0, 0.05) is 46.5 Å². The zero-order valence-electron chi connectivity index (χ0n) is 11.6. The largest absolute Gasteiger partial charge is 0.354 e. The highest BCUT2D eigenvalue weighted by atomic mass is 32.2. The Labute approximate surface area is 114 Å². The molecular formula is C12H20N4O2S. The molecule has 106 valence electrons. The summed E-state index contributed by atoms with van der Waals surface area (Å²) in [6, 6.07) is 3.40. The van der Waals surface area contributed by atoms with Crippen molar-refractivity contribution in [1.29, 1.82) is 0 Å². The van der Waals surface area contributed by atoms with Crippen LogP contribution in [0.1, 0.15) is 0 Å². The second kappa shape index (κ2) is 5.44. The van der Waals surface area contributed by atoms with Gasteiger partial charge in [0.1, 0.15) is 10.7 Å². The Kier molecular flexibility index (Phi) is 4.07.